The van der Waals surface area contributed by atoms with Crippen LogP contribution in [0.4, 0.5) is 11.6 Å². The molecule has 0 saturated carbocycles. The summed E-state index contributed by atoms with van der Waals surface area (Å²) in [6, 6.07) is 2.17. The third kappa shape index (κ3) is 6.16. The number of nitrogens with two attached hydrogens (primary N) is 1. The Morgan fingerprint density at radius 1 is 1.20 bits per heavy atom. The maximum atomic E-state index is 5.44. The van der Waals surface area contributed by atoms with Crippen LogP contribution < -0.4 is 16.6 Å². The van der Waals surface area contributed by atoms with Crippen molar-refractivity contribution in [3.63, 3.8) is 0 Å². The number of rotatable bonds is 9. The van der Waals surface area contributed by atoms with E-state index in [0.717, 1.165) is 12.2 Å². The Bertz CT molecular complexity index is 397. The molecule has 0 aromatic carbocycles. The van der Waals surface area contributed by atoms with Crippen molar-refractivity contribution in [1.82, 2.24) is 9.97 Å². The standard InChI is InChI=1S/C14H27N5O/c1-5-20-9-14-17-12(8-13(18-14)19-15)16-11(4)7-6-10(2)3/h8,10-11H,5-7,9,15H2,1-4H3,(H2,16,17,18,19). The lowest BCUT2D eigenvalue weighted by Gasteiger charge is -2.16. The number of ether oxygens (including phenoxy) is 1. The fourth-order valence-corrected chi connectivity index (χ4v) is 1.81. The van der Waals surface area contributed by atoms with Gasteiger partial charge < -0.3 is 15.5 Å². The number of hydrogen-bond acceptors (Lipinski definition) is 6. The minimum absolute atomic E-state index is 0.359. The lowest BCUT2D eigenvalue weighted by Crippen LogP contribution is -2.19. The quantitative estimate of drug-likeness (QED) is 0.476. The summed E-state index contributed by atoms with van der Waals surface area (Å²) in [7, 11) is 0. The summed E-state index contributed by atoms with van der Waals surface area (Å²) < 4.78 is 5.34. The average molecular weight is 281 g/mol. The minimum atomic E-state index is 0.359. The van der Waals surface area contributed by atoms with Gasteiger partial charge in [-0.2, -0.15) is 0 Å². The molecule has 1 heterocycles. The second-order valence-electron chi connectivity index (χ2n) is 5.35. The lowest BCUT2D eigenvalue weighted by molar-refractivity contribution is 0.128. The van der Waals surface area contributed by atoms with Crippen molar-refractivity contribution in [2.24, 2.45) is 11.8 Å². The van der Waals surface area contributed by atoms with E-state index in [2.05, 4.69) is 41.5 Å². The molecule has 0 aliphatic rings. The Balaban J connectivity index is 2.67. The van der Waals surface area contributed by atoms with Gasteiger partial charge in [-0.1, -0.05) is 13.8 Å². The molecular formula is C14H27N5O. The molecule has 1 aromatic rings. The third-order valence-electron chi connectivity index (χ3n) is 2.93. The summed E-state index contributed by atoms with van der Waals surface area (Å²) in [6.07, 6.45) is 2.29. The first kappa shape index (κ1) is 16.7. The van der Waals surface area contributed by atoms with Crippen LogP contribution in [0.1, 0.15) is 46.4 Å². The third-order valence-corrected chi connectivity index (χ3v) is 2.93. The van der Waals surface area contributed by atoms with Gasteiger partial charge in [-0.25, -0.2) is 15.8 Å². The van der Waals surface area contributed by atoms with Gasteiger partial charge in [-0.15, -0.1) is 0 Å². The van der Waals surface area contributed by atoms with Gasteiger partial charge in [-0.05, 0) is 32.6 Å². The highest BCUT2D eigenvalue weighted by Crippen LogP contribution is 2.15. The van der Waals surface area contributed by atoms with Crippen LogP contribution in [-0.2, 0) is 11.3 Å². The molecule has 0 spiro atoms. The molecule has 0 amide bonds. The second kappa shape index (κ2) is 8.71. The highest BCUT2D eigenvalue weighted by atomic mass is 16.5. The zero-order chi connectivity index (χ0) is 15.0. The van der Waals surface area contributed by atoms with Gasteiger partial charge in [0, 0.05) is 18.7 Å². The molecule has 0 fully saturated rings. The van der Waals surface area contributed by atoms with Crippen LogP contribution in [0.2, 0.25) is 0 Å². The van der Waals surface area contributed by atoms with Crippen molar-refractivity contribution < 1.29 is 4.74 Å². The molecule has 0 saturated heterocycles. The first-order valence-electron chi connectivity index (χ1n) is 7.24. The molecule has 0 aliphatic carbocycles. The van der Waals surface area contributed by atoms with Crippen LogP contribution in [0.25, 0.3) is 0 Å². The maximum absolute atomic E-state index is 5.44. The highest BCUT2D eigenvalue weighted by molar-refractivity contribution is 5.47. The molecule has 0 bridgehead atoms. The largest absolute Gasteiger partial charge is 0.374 e. The smallest absolute Gasteiger partial charge is 0.158 e. The molecule has 1 aromatic heterocycles. The molecule has 6 heteroatoms. The van der Waals surface area contributed by atoms with Gasteiger partial charge in [0.2, 0.25) is 0 Å². The molecule has 1 rings (SSSR count). The topological polar surface area (TPSA) is 85.1 Å². The maximum Gasteiger partial charge on any atom is 0.158 e. The number of nitrogens with one attached hydrogen (secondary N) is 2. The number of anilines is 2. The predicted molar refractivity (Wildman–Crippen MR) is 82.3 cm³/mol. The number of hydrazine groups is 1. The van der Waals surface area contributed by atoms with Gasteiger partial charge in [-0.3, -0.25) is 0 Å². The molecule has 0 radical (unpaired) electrons. The van der Waals surface area contributed by atoms with E-state index in [-0.39, 0.29) is 0 Å². The van der Waals surface area contributed by atoms with Crippen molar-refractivity contribution in [2.45, 2.75) is 53.2 Å². The SMILES string of the molecule is CCOCc1nc(NN)cc(NC(C)CCC(C)C)n1. The Kier molecular flexibility index (Phi) is 7.25. The van der Waals surface area contributed by atoms with Crippen molar-refractivity contribution >= 4 is 11.6 Å². The van der Waals surface area contributed by atoms with E-state index in [1.165, 1.54) is 6.42 Å². The number of aromatic nitrogens is 2. The molecule has 6 nitrogen and oxygen atoms in total. The Morgan fingerprint density at radius 2 is 1.90 bits per heavy atom. The zero-order valence-corrected chi connectivity index (χ0v) is 12.9. The van der Waals surface area contributed by atoms with E-state index in [1.807, 2.05) is 6.92 Å². The second-order valence-corrected chi connectivity index (χ2v) is 5.35. The number of nitrogen functional groups attached to an aromatic ring is 1. The number of nitrogens with zero attached hydrogens (tertiary/aromatic N) is 2. The van der Waals surface area contributed by atoms with Crippen LogP contribution in [-0.4, -0.2) is 22.6 Å². The van der Waals surface area contributed by atoms with Gasteiger partial charge in [0.25, 0.3) is 0 Å². The Hall–Kier alpha value is -1.40. The van der Waals surface area contributed by atoms with Crippen molar-refractivity contribution in [3.05, 3.63) is 11.9 Å². The van der Waals surface area contributed by atoms with E-state index in [0.29, 0.717) is 36.8 Å². The van der Waals surface area contributed by atoms with Gasteiger partial charge >= 0.3 is 0 Å². The van der Waals surface area contributed by atoms with Crippen LogP contribution in [0.3, 0.4) is 0 Å². The fourth-order valence-electron chi connectivity index (χ4n) is 1.81. The van der Waals surface area contributed by atoms with Gasteiger partial charge in [0.05, 0.1) is 0 Å². The summed E-state index contributed by atoms with van der Waals surface area (Å²) in [4.78, 5) is 8.70. The van der Waals surface area contributed by atoms with Crippen LogP contribution in [0.5, 0.6) is 0 Å². The molecule has 4 N–H and O–H groups in total. The highest BCUT2D eigenvalue weighted by Gasteiger charge is 2.08. The molecule has 20 heavy (non-hydrogen) atoms. The first-order valence-corrected chi connectivity index (χ1v) is 7.24. The molecule has 1 unspecified atom stereocenters. The fraction of sp³-hybridized carbons (Fsp3) is 0.714. The molecule has 1 atom stereocenters. The normalized spacial score (nSPS) is 12.5. The van der Waals surface area contributed by atoms with Crippen molar-refractivity contribution in [2.75, 3.05) is 17.3 Å². The Labute approximate surface area is 121 Å². The summed E-state index contributed by atoms with van der Waals surface area (Å²) in [5.74, 6) is 8.14. The summed E-state index contributed by atoms with van der Waals surface area (Å²) in [5, 5.41) is 3.39. The Morgan fingerprint density at radius 3 is 2.50 bits per heavy atom. The molecule has 0 aliphatic heterocycles. The van der Waals surface area contributed by atoms with Crippen molar-refractivity contribution in [3.8, 4) is 0 Å². The number of hydrogen-bond donors (Lipinski definition) is 3. The van der Waals surface area contributed by atoms with Crippen molar-refractivity contribution in [1.29, 1.82) is 0 Å². The first-order chi connectivity index (χ1) is 9.55. The minimum Gasteiger partial charge on any atom is -0.374 e. The van der Waals surface area contributed by atoms with E-state index in [4.69, 9.17) is 10.6 Å². The zero-order valence-electron chi connectivity index (χ0n) is 12.9. The van der Waals surface area contributed by atoms with Crippen LogP contribution >= 0.6 is 0 Å². The predicted octanol–water partition coefficient (Wildman–Crippen LogP) is 2.54. The van der Waals surface area contributed by atoms with Crippen LogP contribution in [0, 0.1) is 5.92 Å². The van der Waals surface area contributed by atoms with E-state index >= 15 is 0 Å². The monoisotopic (exact) mass is 281 g/mol. The van der Waals surface area contributed by atoms with E-state index in [9.17, 15) is 0 Å². The molecule has 114 valence electrons. The van der Waals surface area contributed by atoms with E-state index < -0.39 is 0 Å². The summed E-state index contributed by atoms with van der Waals surface area (Å²) >= 11 is 0. The van der Waals surface area contributed by atoms with E-state index in [1.54, 1.807) is 6.07 Å². The average Bonchev–Trinajstić information content (AvgIpc) is 2.42. The van der Waals surface area contributed by atoms with Gasteiger partial charge in [0.15, 0.2) is 5.82 Å². The summed E-state index contributed by atoms with van der Waals surface area (Å²) in [6.45, 7) is 9.58. The lowest BCUT2D eigenvalue weighted by atomic mass is 10.0. The van der Waals surface area contributed by atoms with Crippen LogP contribution in [0.15, 0.2) is 6.07 Å². The van der Waals surface area contributed by atoms with Gasteiger partial charge in [0.1, 0.15) is 18.2 Å². The summed E-state index contributed by atoms with van der Waals surface area (Å²) in [5.41, 5.74) is 2.56. The molecular weight excluding hydrogens is 254 g/mol.